The molecular formula is C13H15N3OS. The maximum atomic E-state index is 11.6. The summed E-state index contributed by atoms with van der Waals surface area (Å²) in [6.45, 7) is 3.87. The molecule has 0 saturated carbocycles. The van der Waals surface area contributed by atoms with Crippen molar-refractivity contribution in [2.24, 2.45) is 0 Å². The second-order valence-corrected chi connectivity index (χ2v) is 5.02. The van der Waals surface area contributed by atoms with E-state index in [0.717, 1.165) is 10.6 Å². The highest BCUT2D eigenvalue weighted by molar-refractivity contribution is 7.18. The Morgan fingerprint density at radius 1 is 1.39 bits per heavy atom. The van der Waals surface area contributed by atoms with E-state index < -0.39 is 0 Å². The average molecular weight is 261 g/mol. The lowest BCUT2D eigenvalue weighted by molar-refractivity contribution is -0.118. The van der Waals surface area contributed by atoms with Crippen LogP contribution in [0.5, 0.6) is 0 Å². The van der Waals surface area contributed by atoms with E-state index in [1.165, 1.54) is 16.9 Å². The van der Waals surface area contributed by atoms with Crippen molar-refractivity contribution in [2.75, 3.05) is 11.9 Å². The van der Waals surface area contributed by atoms with Crippen LogP contribution >= 0.6 is 11.3 Å². The number of anilines is 1. The number of aromatic nitrogens is 2. The Morgan fingerprint density at radius 3 is 2.83 bits per heavy atom. The number of nitrogens with zero attached hydrogens (tertiary/aromatic N) is 3. The topological polar surface area (TPSA) is 46.1 Å². The summed E-state index contributed by atoms with van der Waals surface area (Å²) in [6.07, 6.45) is 0.468. The first-order valence-corrected chi connectivity index (χ1v) is 6.60. The smallest absolute Gasteiger partial charge is 0.228 e. The number of hydrogen-bond acceptors (Lipinski definition) is 4. The maximum absolute atomic E-state index is 11.6. The quantitative estimate of drug-likeness (QED) is 0.853. The van der Waals surface area contributed by atoms with E-state index >= 15 is 0 Å². The van der Waals surface area contributed by atoms with Crippen molar-refractivity contribution in [3.8, 4) is 10.6 Å². The normalized spacial score (nSPS) is 10.4. The number of rotatable bonds is 3. The maximum Gasteiger partial charge on any atom is 0.228 e. The lowest BCUT2D eigenvalue weighted by Crippen LogP contribution is -2.24. The summed E-state index contributed by atoms with van der Waals surface area (Å²) in [6, 6.07) is 8.09. The Morgan fingerprint density at radius 2 is 2.17 bits per heavy atom. The molecular weight excluding hydrogens is 246 g/mol. The van der Waals surface area contributed by atoms with Gasteiger partial charge in [0.15, 0.2) is 0 Å². The number of carbonyl (C=O) groups excluding carboxylic acids is 1. The molecule has 0 bridgehead atoms. The fourth-order valence-electron chi connectivity index (χ4n) is 1.59. The Balaban J connectivity index is 2.28. The van der Waals surface area contributed by atoms with Crippen molar-refractivity contribution in [3.63, 3.8) is 0 Å². The SMILES string of the molecule is CCC(=O)N(C)c1nnc(-c2cccc(C)c2)s1. The first-order valence-electron chi connectivity index (χ1n) is 5.79. The van der Waals surface area contributed by atoms with E-state index in [0.29, 0.717) is 11.6 Å². The summed E-state index contributed by atoms with van der Waals surface area (Å²) in [5.41, 5.74) is 2.22. The monoisotopic (exact) mass is 261 g/mol. The van der Waals surface area contributed by atoms with Crippen LogP contribution in [0.2, 0.25) is 0 Å². The molecule has 0 atom stereocenters. The minimum Gasteiger partial charge on any atom is -0.290 e. The van der Waals surface area contributed by atoms with Crippen LogP contribution in [0, 0.1) is 6.92 Å². The number of amides is 1. The molecule has 0 aliphatic carbocycles. The van der Waals surface area contributed by atoms with E-state index in [9.17, 15) is 4.79 Å². The zero-order chi connectivity index (χ0) is 13.1. The van der Waals surface area contributed by atoms with Crippen molar-refractivity contribution in [1.29, 1.82) is 0 Å². The van der Waals surface area contributed by atoms with Gasteiger partial charge in [-0.3, -0.25) is 9.69 Å². The lowest BCUT2D eigenvalue weighted by atomic mass is 10.1. The predicted molar refractivity (Wildman–Crippen MR) is 73.8 cm³/mol. The van der Waals surface area contributed by atoms with Crippen LogP contribution in [0.25, 0.3) is 10.6 Å². The van der Waals surface area contributed by atoms with E-state index in [1.54, 1.807) is 11.9 Å². The molecule has 0 saturated heterocycles. The van der Waals surface area contributed by atoms with Crippen LogP contribution in [0.3, 0.4) is 0 Å². The van der Waals surface area contributed by atoms with Gasteiger partial charge in [0, 0.05) is 19.0 Å². The Hall–Kier alpha value is -1.75. The van der Waals surface area contributed by atoms with Gasteiger partial charge >= 0.3 is 0 Å². The molecule has 4 nitrogen and oxygen atoms in total. The van der Waals surface area contributed by atoms with Crippen LogP contribution in [-0.4, -0.2) is 23.2 Å². The molecule has 0 aliphatic heterocycles. The second-order valence-electron chi connectivity index (χ2n) is 4.07. The third-order valence-electron chi connectivity index (χ3n) is 2.64. The molecule has 94 valence electrons. The van der Waals surface area contributed by atoms with Crippen LogP contribution in [0.15, 0.2) is 24.3 Å². The van der Waals surface area contributed by atoms with Crippen molar-refractivity contribution < 1.29 is 4.79 Å². The van der Waals surface area contributed by atoms with Gasteiger partial charge in [0.2, 0.25) is 11.0 Å². The zero-order valence-electron chi connectivity index (χ0n) is 10.7. The standard InChI is InChI=1S/C13H15N3OS/c1-4-11(17)16(3)13-15-14-12(18-13)10-7-5-6-9(2)8-10/h5-8H,4H2,1-3H3. The van der Waals surface area contributed by atoms with Crippen LogP contribution < -0.4 is 4.90 Å². The summed E-state index contributed by atoms with van der Waals surface area (Å²) in [4.78, 5) is 13.1. The molecule has 18 heavy (non-hydrogen) atoms. The van der Waals surface area contributed by atoms with Crippen LogP contribution in [-0.2, 0) is 4.79 Å². The third kappa shape index (κ3) is 2.56. The molecule has 5 heteroatoms. The predicted octanol–water partition coefficient (Wildman–Crippen LogP) is 2.89. The Labute approximate surface area is 110 Å². The minimum absolute atomic E-state index is 0.0435. The average Bonchev–Trinajstić information content (AvgIpc) is 2.86. The molecule has 0 fully saturated rings. The molecule has 0 unspecified atom stereocenters. The van der Waals surface area contributed by atoms with Gasteiger partial charge in [0.05, 0.1) is 0 Å². The van der Waals surface area contributed by atoms with Crippen molar-refractivity contribution in [2.45, 2.75) is 20.3 Å². The molecule has 2 rings (SSSR count). The van der Waals surface area contributed by atoms with Gasteiger partial charge in [-0.1, -0.05) is 42.0 Å². The summed E-state index contributed by atoms with van der Waals surface area (Å²) < 4.78 is 0. The van der Waals surface area contributed by atoms with E-state index in [4.69, 9.17) is 0 Å². The van der Waals surface area contributed by atoms with Crippen molar-refractivity contribution in [3.05, 3.63) is 29.8 Å². The number of carbonyl (C=O) groups is 1. The van der Waals surface area contributed by atoms with Crippen molar-refractivity contribution >= 4 is 22.4 Å². The van der Waals surface area contributed by atoms with E-state index in [-0.39, 0.29) is 5.91 Å². The highest BCUT2D eigenvalue weighted by atomic mass is 32.1. The number of hydrogen-bond donors (Lipinski definition) is 0. The fourth-order valence-corrected chi connectivity index (χ4v) is 2.41. The molecule has 0 N–H and O–H groups in total. The van der Waals surface area contributed by atoms with Gasteiger partial charge in [0.25, 0.3) is 0 Å². The first kappa shape index (κ1) is 12.7. The summed E-state index contributed by atoms with van der Waals surface area (Å²) in [5.74, 6) is 0.0435. The Bertz CT molecular complexity index is 565. The van der Waals surface area contributed by atoms with Crippen LogP contribution in [0.4, 0.5) is 5.13 Å². The van der Waals surface area contributed by atoms with Gasteiger partial charge in [-0.2, -0.15) is 0 Å². The first-order chi connectivity index (χ1) is 8.61. The van der Waals surface area contributed by atoms with Gasteiger partial charge in [-0.05, 0) is 13.0 Å². The third-order valence-corrected chi connectivity index (χ3v) is 3.69. The van der Waals surface area contributed by atoms with Gasteiger partial charge in [-0.25, -0.2) is 0 Å². The van der Waals surface area contributed by atoms with Crippen molar-refractivity contribution in [1.82, 2.24) is 10.2 Å². The van der Waals surface area contributed by atoms with Crippen LogP contribution in [0.1, 0.15) is 18.9 Å². The minimum atomic E-state index is 0.0435. The fraction of sp³-hybridized carbons (Fsp3) is 0.308. The highest BCUT2D eigenvalue weighted by Gasteiger charge is 2.14. The lowest BCUT2D eigenvalue weighted by Gasteiger charge is -2.10. The summed E-state index contributed by atoms with van der Waals surface area (Å²) in [7, 11) is 1.73. The largest absolute Gasteiger partial charge is 0.290 e. The number of aryl methyl sites for hydroxylation is 1. The summed E-state index contributed by atoms with van der Waals surface area (Å²) in [5, 5.41) is 9.68. The molecule has 1 aromatic heterocycles. The highest BCUT2D eigenvalue weighted by Crippen LogP contribution is 2.28. The second kappa shape index (κ2) is 5.27. The summed E-state index contributed by atoms with van der Waals surface area (Å²) >= 11 is 1.43. The molecule has 0 aliphatic rings. The van der Waals surface area contributed by atoms with Gasteiger partial charge in [-0.15, -0.1) is 10.2 Å². The molecule has 1 aromatic carbocycles. The molecule has 0 radical (unpaired) electrons. The number of benzene rings is 1. The molecule has 0 spiro atoms. The Kier molecular flexibility index (Phi) is 3.72. The molecule has 1 heterocycles. The van der Waals surface area contributed by atoms with E-state index in [1.807, 2.05) is 32.0 Å². The van der Waals surface area contributed by atoms with Gasteiger partial charge in [0.1, 0.15) is 5.01 Å². The zero-order valence-corrected chi connectivity index (χ0v) is 11.5. The molecule has 1 amide bonds. The van der Waals surface area contributed by atoms with E-state index in [2.05, 4.69) is 16.3 Å². The van der Waals surface area contributed by atoms with Gasteiger partial charge < -0.3 is 0 Å². The molecule has 2 aromatic rings.